The summed E-state index contributed by atoms with van der Waals surface area (Å²) in [6.07, 6.45) is 7.46. The zero-order valence-corrected chi connectivity index (χ0v) is 16.6. The van der Waals surface area contributed by atoms with E-state index in [-0.39, 0.29) is 5.91 Å². The van der Waals surface area contributed by atoms with Crippen molar-refractivity contribution in [1.82, 2.24) is 24.8 Å². The van der Waals surface area contributed by atoms with E-state index in [1.165, 1.54) is 0 Å². The Morgan fingerprint density at radius 1 is 1.18 bits per heavy atom. The topological polar surface area (TPSA) is 84.7 Å². The van der Waals surface area contributed by atoms with Crippen molar-refractivity contribution in [3.8, 4) is 5.82 Å². The van der Waals surface area contributed by atoms with Crippen LogP contribution in [0.25, 0.3) is 5.82 Å². The first-order valence-corrected chi connectivity index (χ1v) is 9.49. The predicted octanol–water partition coefficient (Wildman–Crippen LogP) is 3.46. The van der Waals surface area contributed by atoms with Gasteiger partial charge in [-0.05, 0) is 36.1 Å². The van der Waals surface area contributed by atoms with E-state index < -0.39 is 6.04 Å². The van der Waals surface area contributed by atoms with E-state index >= 15 is 0 Å². The van der Waals surface area contributed by atoms with Crippen molar-refractivity contribution in [3.63, 3.8) is 0 Å². The molecule has 2 heterocycles. The van der Waals surface area contributed by atoms with Gasteiger partial charge in [-0.2, -0.15) is 4.98 Å². The second-order valence-corrected chi connectivity index (χ2v) is 7.32. The van der Waals surface area contributed by atoms with E-state index in [2.05, 4.69) is 39.4 Å². The third-order valence-electron chi connectivity index (χ3n) is 4.12. The van der Waals surface area contributed by atoms with Gasteiger partial charge in [0.2, 0.25) is 11.9 Å². The molecule has 0 aliphatic heterocycles. The molecule has 0 unspecified atom stereocenters. The Hall–Kier alpha value is -2.93. The highest BCUT2D eigenvalue weighted by Gasteiger charge is 2.20. The summed E-state index contributed by atoms with van der Waals surface area (Å²) in [5.74, 6) is 1.31. The molecule has 146 valence electrons. The largest absolute Gasteiger partial charge is 0.350 e. The van der Waals surface area contributed by atoms with E-state index in [9.17, 15) is 4.79 Å². The predicted molar refractivity (Wildman–Crippen MR) is 109 cm³/mol. The quantitative estimate of drug-likeness (QED) is 0.607. The van der Waals surface area contributed by atoms with Gasteiger partial charge in [0.25, 0.3) is 0 Å². The van der Waals surface area contributed by atoms with E-state index in [1.54, 1.807) is 35.6 Å². The third kappa shape index (κ3) is 5.53. The van der Waals surface area contributed by atoms with Gasteiger partial charge in [0.15, 0.2) is 0 Å². The Kier molecular flexibility index (Phi) is 6.60. The smallest absolute Gasteiger partial charge is 0.242 e. The third-order valence-corrected chi connectivity index (χ3v) is 4.37. The molecule has 3 rings (SSSR count). The second kappa shape index (κ2) is 9.32. The van der Waals surface area contributed by atoms with Crippen molar-refractivity contribution in [1.29, 1.82) is 0 Å². The molecule has 0 saturated carbocycles. The lowest BCUT2D eigenvalue weighted by Gasteiger charge is -2.20. The maximum absolute atomic E-state index is 12.8. The normalized spacial score (nSPS) is 12.0. The molecule has 2 N–H and O–H groups in total. The summed E-state index contributed by atoms with van der Waals surface area (Å²) in [6.45, 7) is 4.58. The van der Waals surface area contributed by atoms with Gasteiger partial charge in [-0.3, -0.25) is 9.36 Å². The van der Waals surface area contributed by atoms with Gasteiger partial charge < -0.3 is 10.6 Å². The number of nitrogens with one attached hydrogen (secondary N) is 2. The Morgan fingerprint density at radius 2 is 1.96 bits per heavy atom. The molecule has 8 heteroatoms. The maximum atomic E-state index is 12.8. The summed E-state index contributed by atoms with van der Waals surface area (Å²) in [6, 6.07) is 8.75. The highest BCUT2D eigenvalue weighted by atomic mass is 35.5. The zero-order valence-electron chi connectivity index (χ0n) is 15.8. The van der Waals surface area contributed by atoms with Gasteiger partial charge in [-0.15, -0.1) is 0 Å². The number of benzene rings is 1. The first-order valence-electron chi connectivity index (χ1n) is 9.11. The van der Waals surface area contributed by atoms with Crippen LogP contribution >= 0.6 is 11.6 Å². The molecule has 2 aromatic heterocycles. The fraction of sp³-hybridized carbons (Fsp3) is 0.300. The number of anilines is 1. The van der Waals surface area contributed by atoms with Crippen molar-refractivity contribution in [2.75, 3.05) is 5.32 Å². The molecular formula is C20H23ClN6O. The maximum Gasteiger partial charge on any atom is 0.242 e. The Balaban J connectivity index is 1.68. The number of hydrogen-bond donors (Lipinski definition) is 2. The van der Waals surface area contributed by atoms with Crippen LogP contribution in [0.15, 0.2) is 55.2 Å². The Labute approximate surface area is 169 Å². The second-order valence-electron chi connectivity index (χ2n) is 6.88. The van der Waals surface area contributed by atoms with E-state index in [0.29, 0.717) is 35.7 Å². The molecule has 0 aliphatic carbocycles. The number of carbonyl (C=O) groups excluding carboxylic acids is 1. The standard InChI is InChI=1S/C20H23ClN6O/c1-14(2)11-17(19(28)24-12-15-3-5-16(21)6-4-15)25-20-23-8-7-18(26-20)27-10-9-22-13-27/h3-10,13-14,17H,11-12H2,1-2H3,(H,24,28)(H,23,25,26)/t17-/m1/s1. The molecule has 1 amide bonds. The summed E-state index contributed by atoms with van der Waals surface area (Å²) in [7, 11) is 0. The first kappa shape index (κ1) is 19.8. The van der Waals surface area contributed by atoms with Crippen molar-refractivity contribution >= 4 is 23.5 Å². The molecule has 0 bridgehead atoms. The summed E-state index contributed by atoms with van der Waals surface area (Å²) < 4.78 is 1.78. The monoisotopic (exact) mass is 398 g/mol. The van der Waals surface area contributed by atoms with Crippen LogP contribution in [0.5, 0.6) is 0 Å². The minimum absolute atomic E-state index is 0.0970. The van der Waals surface area contributed by atoms with Gasteiger partial charge in [-0.1, -0.05) is 37.6 Å². The minimum Gasteiger partial charge on any atom is -0.350 e. The van der Waals surface area contributed by atoms with E-state index in [4.69, 9.17) is 11.6 Å². The molecule has 0 radical (unpaired) electrons. The van der Waals surface area contributed by atoms with Crippen molar-refractivity contribution < 1.29 is 4.79 Å². The molecular weight excluding hydrogens is 376 g/mol. The molecule has 3 aromatic rings. The minimum atomic E-state index is -0.440. The summed E-state index contributed by atoms with van der Waals surface area (Å²) >= 11 is 5.91. The van der Waals surface area contributed by atoms with E-state index in [1.807, 2.05) is 24.3 Å². The molecule has 0 spiro atoms. The van der Waals surface area contributed by atoms with Gasteiger partial charge in [0.1, 0.15) is 18.2 Å². The average Bonchev–Trinajstić information content (AvgIpc) is 3.21. The molecule has 0 saturated heterocycles. The van der Waals surface area contributed by atoms with E-state index in [0.717, 1.165) is 5.56 Å². The fourth-order valence-electron chi connectivity index (χ4n) is 2.73. The van der Waals surface area contributed by atoms with Crippen LogP contribution in [0.2, 0.25) is 5.02 Å². The van der Waals surface area contributed by atoms with Crippen molar-refractivity contribution in [2.24, 2.45) is 5.92 Å². The molecule has 0 aliphatic rings. The van der Waals surface area contributed by atoms with Crippen LogP contribution in [-0.2, 0) is 11.3 Å². The molecule has 1 atom stereocenters. The first-order chi connectivity index (χ1) is 13.5. The molecule has 7 nitrogen and oxygen atoms in total. The number of rotatable bonds is 8. The molecule has 0 fully saturated rings. The zero-order chi connectivity index (χ0) is 19.9. The van der Waals surface area contributed by atoms with Crippen LogP contribution in [0.1, 0.15) is 25.8 Å². The average molecular weight is 399 g/mol. The van der Waals surface area contributed by atoms with Crippen LogP contribution in [0, 0.1) is 5.92 Å². The van der Waals surface area contributed by atoms with Crippen LogP contribution in [-0.4, -0.2) is 31.5 Å². The lowest BCUT2D eigenvalue weighted by molar-refractivity contribution is -0.122. The number of nitrogens with zero attached hydrogens (tertiary/aromatic N) is 4. The molecule has 1 aromatic carbocycles. The van der Waals surface area contributed by atoms with Gasteiger partial charge in [-0.25, -0.2) is 9.97 Å². The summed E-state index contributed by atoms with van der Waals surface area (Å²) in [5, 5.41) is 6.81. The number of aromatic nitrogens is 4. The number of amides is 1. The van der Waals surface area contributed by atoms with Crippen LogP contribution in [0.3, 0.4) is 0 Å². The Bertz CT molecular complexity index is 895. The van der Waals surface area contributed by atoms with Crippen molar-refractivity contribution in [3.05, 3.63) is 65.8 Å². The SMILES string of the molecule is CC(C)C[C@@H](Nc1nccc(-n2ccnc2)n1)C(=O)NCc1ccc(Cl)cc1. The van der Waals surface area contributed by atoms with Crippen LogP contribution in [0.4, 0.5) is 5.95 Å². The number of halogens is 1. The highest BCUT2D eigenvalue weighted by Crippen LogP contribution is 2.13. The summed E-state index contributed by atoms with van der Waals surface area (Å²) in [5.41, 5.74) is 0.986. The lowest BCUT2D eigenvalue weighted by Crippen LogP contribution is -2.40. The number of carbonyl (C=O) groups is 1. The Morgan fingerprint density at radius 3 is 2.64 bits per heavy atom. The molecule has 28 heavy (non-hydrogen) atoms. The highest BCUT2D eigenvalue weighted by molar-refractivity contribution is 6.30. The number of imidazole rings is 1. The van der Waals surface area contributed by atoms with Crippen LogP contribution < -0.4 is 10.6 Å². The number of hydrogen-bond acceptors (Lipinski definition) is 5. The van der Waals surface area contributed by atoms with Gasteiger partial charge in [0, 0.05) is 30.2 Å². The van der Waals surface area contributed by atoms with Gasteiger partial charge in [0.05, 0.1) is 0 Å². The summed E-state index contributed by atoms with van der Waals surface area (Å²) in [4.78, 5) is 25.5. The lowest BCUT2D eigenvalue weighted by atomic mass is 10.0. The van der Waals surface area contributed by atoms with Crippen molar-refractivity contribution in [2.45, 2.75) is 32.9 Å². The fourth-order valence-corrected chi connectivity index (χ4v) is 2.86. The van der Waals surface area contributed by atoms with Gasteiger partial charge >= 0.3 is 0 Å².